The van der Waals surface area contributed by atoms with E-state index in [0.29, 0.717) is 10.1 Å². The lowest BCUT2D eigenvalue weighted by molar-refractivity contribution is -0.137. The van der Waals surface area contributed by atoms with Gasteiger partial charge in [-0.15, -0.1) is 0 Å². The van der Waals surface area contributed by atoms with E-state index in [1.165, 1.54) is 22.8 Å². The molecule has 0 saturated heterocycles. The molecule has 0 fully saturated rings. The number of nitrogens with zero attached hydrogens (tertiary/aromatic N) is 4. The summed E-state index contributed by atoms with van der Waals surface area (Å²) in [6, 6.07) is 4.13. The highest BCUT2D eigenvalue weighted by molar-refractivity contribution is 5.92. The van der Waals surface area contributed by atoms with Crippen LogP contribution in [-0.2, 0) is 18.4 Å². The summed E-state index contributed by atoms with van der Waals surface area (Å²) >= 11 is 0. The van der Waals surface area contributed by atoms with Crippen LogP contribution in [-0.4, -0.2) is 41.3 Å². The average molecular weight is 330 g/mol. The molecule has 0 atom stereocenters. The summed E-state index contributed by atoms with van der Waals surface area (Å²) in [5.74, 6) is -2.53. The Hall–Kier alpha value is -3.56. The molecular formula is C14H10N4O6. The first-order valence-electron chi connectivity index (χ1n) is 6.66. The van der Waals surface area contributed by atoms with Gasteiger partial charge in [0.15, 0.2) is 11.5 Å². The molecule has 24 heavy (non-hydrogen) atoms. The quantitative estimate of drug-likeness (QED) is 0.604. The number of carbonyl (C=O) groups is 2. The highest BCUT2D eigenvalue weighted by Crippen LogP contribution is 2.20. The van der Waals surface area contributed by atoms with E-state index in [9.17, 15) is 19.2 Å². The van der Waals surface area contributed by atoms with Crippen LogP contribution in [0.5, 0.6) is 0 Å². The predicted molar refractivity (Wildman–Crippen MR) is 80.3 cm³/mol. The summed E-state index contributed by atoms with van der Waals surface area (Å²) in [6.07, 6.45) is 0. The zero-order valence-electron chi connectivity index (χ0n) is 12.3. The van der Waals surface area contributed by atoms with Gasteiger partial charge in [-0.2, -0.15) is 4.98 Å². The van der Waals surface area contributed by atoms with Crippen molar-refractivity contribution in [1.29, 1.82) is 0 Å². The molecule has 0 radical (unpaired) electrons. The van der Waals surface area contributed by atoms with Crippen LogP contribution < -0.4 is 11.2 Å². The zero-order chi connectivity index (χ0) is 17.6. The minimum Gasteiger partial charge on any atom is -0.480 e. The lowest BCUT2D eigenvalue weighted by Crippen LogP contribution is -2.40. The van der Waals surface area contributed by atoms with Crippen molar-refractivity contribution in [3.05, 3.63) is 44.6 Å². The van der Waals surface area contributed by atoms with Crippen LogP contribution in [0.15, 0.2) is 27.8 Å². The molecule has 2 aliphatic heterocycles. The third kappa shape index (κ3) is 2.29. The van der Waals surface area contributed by atoms with E-state index in [1.807, 2.05) is 0 Å². The molecule has 2 heterocycles. The molecule has 122 valence electrons. The Morgan fingerprint density at radius 3 is 2.50 bits per heavy atom. The van der Waals surface area contributed by atoms with Gasteiger partial charge in [0, 0.05) is 7.05 Å². The Balaban J connectivity index is 2.43. The molecule has 3 rings (SSSR count). The first-order chi connectivity index (χ1) is 11.3. The molecule has 0 bridgehead atoms. The first kappa shape index (κ1) is 15.3. The van der Waals surface area contributed by atoms with Crippen molar-refractivity contribution in [2.24, 2.45) is 7.05 Å². The van der Waals surface area contributed by atoms with Gasteiger partial charge in [-0.05, 0) is 18.2 Å². The SMILES string of the molecule is Cn1c2nc(=O)n(CC(=O)O)c(=O)c-2nc2cc(C(=O)O)ccc21. The minimum atomic E-state index is -1.37. The van der Waals surface area contributed by atoms with Crippen LogP contribution in [0.3, 0.4) is 0 Å². The lowest BCUT2D eigenvalue weighted by atomic mass is 10.2. The number of aryl methyl sites for hydroxylation is 1. The number of rotatable bonds is 3. The van der Waals surface area contributed by atoms with Crippen molar-refractivity contribution in [3.8, 4) is 11.5 Å². The predicted octanol–water partition coefficient (Wildman–Crippen LogP) is -0.622. The van der Waals surface area contributed by atoms with E-state index in [0.717, 1.165) is 0 Å². The molecule has 10 heteroatoms. The van der Waals surface area contributed by atoms with E-state index in [1.54, 1.807) is 7.05 Å². The molecule has 0 aliphatic carbocycles. The standard InChI is InChI=1S/C14H10N4O6/c1-17-8-3-2-6(13(22)23)4-7(8)15-10-11(17)16-14(24)18(12(10)21)5-9(19)20/h2-4H,5H2,1H3,(H,19,20)(H,22,23). The topological polar surface area (TPSA) is 144 Å². The van der Waals surface area contributed by atoms with E-state index in [-0.39, 0.29) is 22.6 Å². The third-order valence-electron chi connectivity index (χ3n) is 3.52. The number of aromatic carboxylic acids is 1. The van der Waals surface area contributed by atoms with Crippen LogP contribution in [0.2, 0.25) is 0 Å². The molecule has 0 unspecified atom stereocenters. The van der Waals surface area contributed by atoms with Gasteiger partial charge in [0.1, 0.15) is 6.54 Å². The van der Waals surface area contributed by atoms with E-state index in [2.05, 4.69) is 9.97 Å². The average Bonchev–Trinajstić information content (AvgIpc) is 2.52. The lowest BCUT2D eigenvalue weighted by Gasteiger charge is -2.14. The molecule has 2 N–H and O–H groups in total. The molecule has 1 aromatic carbocycles. The van der Waals surface area contributed by atoms with Gasteiger partial charge < -0.3 is 14.8 Å². The largest absolute Gasteiger partial charge is 0.480 e. The Morgan fingerprint density at radius 1 is 1.17 bits per heavy atom. The van der Waals surface area contributed by atoms with Crippen molar-refractivity contribution in [1.82, 2.24) is 19.1 Å². The van der Waals surface area contributed by atoms with E-state index in [4.69, 9.17) is 10.2 Å². The van der Waals surface area contributed by atoms with E-state index < -0.39 is 29.7 Å². The second kappa shape index (κ2) is 5.26. The van der Waals surface area contributed by atoms with Crippen molar-refractivity contribution < 1.29 is 19.8 Å². The zero-order valence-corrected chi connectivity index (χ0v) is 12.3. The fraction of sp³-hybridized carbons (Fsp3) is 0.143. The number of aliphatic carboxylic acids is 1. The van der Waals surface area contributed by atoms with Crippen LogP contribution in [0.4, 0.5) is 0 Å². The Morgan fingerprint density at radius 2 is 1.88 bits per heavy atom. The van der Waals surface area contributed by atoms with Gasteiger partial charge in [0.25, 0.3) is 5.56 Å². The number of carboxylic acid groups (broad SMARTS) is 2. The Labute approximate surface area is 132 Å². The number of hydrogen-bond acceptors (Lipinski definition) is 6. The fourth-order valence-electron chi connectivity index (χ4n) is 2.38. The summed E-state index contributed by atoms with van der Waals surface area (Å²) in [6.45, 7) is -0.834. The number of aromatic nitrogens is 4. The van der Waals surface area contributed by atoms with Crippen LogP contribution >= 0.6 is 0 Å². The molecule has 2 aliphatic rings. The van der Waals surface area contributed by atoms with Crippen molar-refractivity contribution in [2.75, 3.05) is 0 Å². The molecule has 0 saturated carbocycles. The minimum absolute atomic E-state index is 0.0118. The highest BCUT2D eigenvalue weighted by atomic mass is 16.4. The van der Waals surface area contributed by atoms with Gasteiger partial charge in [-0.1, -0.05) is 0 Å². The summed E-state index contributed by atoms with van der Waals surface area (Å²) in [5.41, 5.74) is -1.44. The molecule has 0 aromatic heterocycles. The summed E-state index contributed by atoms with van der Waals surface area (Å²) < 4.78 is 1.89. The fourth-order valence-corrected chi connectivity index (χ4v) is 2.38. The third-order valence-corrected chi connectivity index (χ3v) is 3.52. The van der Waals surface area contributed by atoms with Crippen molar-refractivity contribution in [2.45, 2.75) is 6.54 Å². The summed E-state index contributed by atoms with van der Waals surface area (Å²) in [5, 5.41) is 17.8. The molecule has 0 amide bonds. The van der Waals surface area contributed by atoms with E-state index >= 15 is 0 Å². The van der Waals surface area contributed by atoms with Gasteiger partial charge in [-0.3, -0.25) is 9.59 Å². The molecule has 1 aromatic rings. The Bertz CT molecular complexity index is 1100. The van der Waals surface area contributed by atoms with Crippen LogP contribution in [0, 0.1) is 0 Å². The normalized spacial score (nSPS) is 11.0. The second-order valence-corrected chi connectivity index (χ2v) is 5.03. The molecular weight excluding hydrogens is 320 g/mol. The smallest absolute Gasteiger partial charge is 0.353 e. The highest BCUT2D eigenvalue weighted by Gasteiger charge is 2.21. The van der Waals surface area contributed by atoms with Crippen molar-refractivity contribution >= 4 is 23.0 Å². The molecule has 0 spiro atoms. The van der Waals surface area contributed by atoms with Gasteiger partial charge in [0.05, 0.1) is 16.6 Å². The maximum Gasteiger partial charge on any atom is 0.353 e. The maximum atomic E-state index is 12.4. The summed E-state index contributed by atoms with van der Waals surface area (Å²) in [7, 11) is 1.54. The van der Waals surface area contributed by atoms with Crippen molar-refractivity contribution in [3.63, 3.8) is 0 Å². The number of benzene rings is 1. The van der Waals surface area contributed by atoms with Crippen LogP contribution in [0.1, 0.15) is 10.4 Å². The number of hydrogen-bond donors (Lipinski definition) is 2. The van der Waals surface area contributed by atoms with Gasteiger partial charge in [0.2, 0.25) is 0 Å². The summed E-state index contributed by atoms with van der Waals surface area (Å²) in [4.78, 5) is 53.9. The Kier molecular flexibility index (Phi) is 3.36. The van der Waals surface area contributed by atoms with Gasteiger partial charge in [-0.25, -0.2) is 19.1 Å². The van der Waals surface area contributed by atoms with Crippen LogP contribution in [0.25, 0.3) is 22.6 Å². The monoisotopic (exact) mass is 330 g/mol. The molecule has 10 nitrogen and oxygen atoms in total. The number of fused-ring (bicyclic) bond motifs is 2. The first-order valence-corrected chi connectivity index (χ1v) is 6.66. The van der Waals surface area contributed by atoms with Gasteiger partial charge >= 0.3 is 17.6 Å². The number of carboxylic acids is 2. The second-order valence-electron chi connectivity index (χ2n) is 5.03. The maximum absolute atomic E-state index is 12.4.